The van der Waals surface area contributed by atoms with E-state index >= 15 is 0 Å². The third kappa shape index (κ3) is 2.57. The van der Waals surface area contributed by atoms with Gasteiger partial charge in [-0.3, -0.25) is 9.89 Å². The third-order valence-corrected chi connectivity index (χ3v) is 4.08. The van der Waals surface area contributed by atoms with Gasteiger partial charge in [-0.25, -0.2) is 4.39 Å². The first kappa shape index (κ1) is 15.1. The molecule has 0 saturated carbocycles. The van der Waals surface area contributed by atoms with E-state index in [1.807, 2.05) is 18.2 Å². The molecule has 124 valence electrons. The Kier molecular flexibility index (Phi) is 3.57. The highest BCUT2D eigenvalue weighted by molar-refractivity contribution is 6.11. The highest BCUT2D eigenvalue weighted by atomic mass is 19.1. The van der Waals surface area contributed by atoms with E-state index in [0.29, 0.717) is 27.9 Å². The van der Waals surface area contributed by atoms with Crippen LogP contribution in [-0.2, 0) is 0 Å². The molecule has 2 N–H and O–H groups in total. The summed E-state index contributed by atoms with van der Waals surface area (Å²) in [6.07, 6.45) is 3.49. The minimum atomic E-state index is -0.344. The zero-order valence-corrected chi connectivity index (χ0v) is 13.3. The minimum absolute atomic E-state index is 0.262. The van der Waals surface area contributed by atoms with Gasteiger partial charge in [0.05, 0.1) is 11.8 Å². The molecule has 0 aliphatic heterocycles. The number of carbonyl (C=O) groups is 1. The molecule has 0 radical (unpaired) electrons. The van der Waals surface area contributed by atoms with Crippen molar-refractivity contribution in [2.24, 2.45) is 0 Å². The standard InChI is InChI=1S/C19H14FN3O2/c1-21-19(24)17-15-8-12(13-9-22-23-10-13)4-7-16(15)25-18(17)11-2-5-14(20)6-3-11/h2-10H,1H3,(H,21,24)(H,22,23). The fourth-order valence-electron chi connectivity index (χ4n) is 2.84. The predicted octanol–water partition coefficient (Wildman–Crippen LogP) is 3.99. The van der Waals surface area contributed by atoms with E-state index in [1.165, 1.54) is 12.1 Å². The molecule has 0 aliphatic carbocycles. The Hall–Kier alpha value is -3.41. The Labute approximate surface area is 142 Å². The van der Waals surface area contributed by atoms with Crippen molar-refractivity contribution in [2.75, 3.05) is 7.05 Å². The molecular weight excluding hydrogens is 321 g/mol. The van der Waals surface area contributed by atoms with Crippen molar-refractivity contribution in [1.29, 1.82) is 0 Å². The fourth-order valence-corrected chi connectivity index (χ4v) is 2.84. The topological polar surface area (TPSA) is 70.9 Å². The number of nitrogens with one attached hydrogen (secondary N) is 2. The third-order valence-electron chi connectivity index (χ3n) is 4.08. The molecule has 0 atom stereocenters. The van der Waals surface area contributed by atoms with Crippen LogP contribution in [0.5, 0.6) is 0 Å². The van der Waals surface area contributed by atoms with Crippen molar-refractivity contribution in [2.45, 2.75) is 0 Å². The average molecular weight is 335 g/mol. The van der Waals surface area contributed by atoms with Crippen LogP contribution in [0.3, 0.4) is 0 Å². The first-order chi connectivity index (χ1) is 12.2. The summed E-state index contributed by atoms with van der Waals surface area (Å²) in [5.74, 6) is -0.190. The SMILES string of the molecule is CNC(=O)c1c(-c2ccc(F)cc2)oc2ccc(-c3cn[nH]c3)cc12. The molecule has 4 rings (SSSR count). The van der Waals surface area contributed by atoms with Crippen molar-refractivity contribution in [3.8, 4) is 22.5 Å². The fraction of sp³-hybridized carbons (Fsp3) is 0.0526. The van der Waals surface area contributed by atoms with Crippen molar-refractivity contribution in [3.63, 3.8) is 0 Å². The number of fused-ring (bicyclic) bond motifs is 1. The second-order valence-corrected chi connectivity index (χ2v) is 5.59. The summed E-state index contributed by atoms with van der Waals surface area (Å²) >= 11 is 0. The molecule has 2 heterocycles. The molecular formula is C19H14FN3O2. The highest BCUT2D eigenvalue weighted by Crippen LogP contribution is 2.35. The molecule has 0 aliphatic rings. The van der Waals surface area contributed by atoms with Gasteiger partial charge in [0, 0.05) is 29.8 Å². The van der Waals surface area contributed by atoms with E-state index in [4.69, 9.17) is 4.42 Å². The zero-order valence-electron chi connectivity index (χ0n) is 13.3. The first-order valence-corrected chi connectivity index (χ1v) is 7.71. The normalized spacial score (nSPS) is 11.0. The Morgan fingerprint density at radius 1 is 1.12 bits per heavy atom. The van der Waals surface area contributed by atoms with Gasteiger partial charge in [-0.15, -0.1) is 0 Å². The van der Waals surface area contributed by atoms with Crippen LogP contribution in [-0.4, -0.2) is 23.2 Å². The highest BCUT2D eigenvalue weighted by Gasteiger charge is 2.22. The van der Waals surface area contributed by atoms with E-state index in [0.717, 1.165) is 11.1 Å². The lowest BCUT2D eigenvalue weighted by atomic mass is 10.0. The Morgan fingerprint density at radius 3 is 2.56 bits per heavy atom. The molecule has 5 nitrogen and oxygen atoms in total. The van der Waals surface area contributed by atoms with Crippen LogP contribution in [0.25, 0.3) is 33.4 Å². The maximum absolute atomic E-state index is 13.2. The maximum atomic E-state index is 13.2. The first-order valence-electron chi connectivity index (χ1n) is 7.71. The van der Waals surface area contributed by atoms with Crippen LogP contribution in [0.2, 0.25) is 0 Å². The number of hydrogen-bond acceptors (Lipinski definition) is 3. The van der Waals surface area contributed by atoms with Crippen LogP contribution in [0.4, 0.5) is 4.39 Å². The molecule has 0 fully saturated rings. The molecule has 0 unspecified atom stereocenters. The summed E-state index contributed by atoms with van der Waals surface area (Å²) < 4.78 is 19.1. The van der Waals surface area contributed by atoms with Gasteiger partial charge in [0.15, 0.2) is 0 Å². The molecule has 1 amide bonds. The zero-order chi connectivity index (χ0) is 17.4. The minimum Gasteiger partial charge on any atom is -0.455 e. The number of aromatic nitrogens is 2. The summed E-state index contributed by atoms with van der Waals surface area (Å²) in [5.41, 5.74) is 3.48. The number of furan rings is 1. The van der Waals surface area contributed by atoms with Gasteiger partial charge in [-0.1, -0.05) is 6.07 Å². The molecule has 4 aromatic rings. The van der Waals surface area contributed by atoms with Crippen LogP contribution in [0, 0.1) is 5.82 Å². The number of halogens is 1. The largest absolute Gasteiger partial charge is 0.455 e. The lowest BCUT2D eigenvalue weighted by Crippen LogP contribution is -2.18. The molecule has 25 heavy (non-hydrogen) atoms. The van der Waals surface area contributed by atoms with E-state index < -0.39 is 0 Å². The molecule has 2 aromatic carbocycles. The van der Waals surface area contributed by atoms with Gasteiger partial charge in [0.25, 0.3) is 5.91 Å². The molecule has 0 bridgehead atoms. The second-order valence-electron chi connectivity index (χ2n) is 5.59. The van der Waals surface area contributed by atoms with Crippen molar-refractivity contribution < 1.29 is 13.6 Å². The van der Waals surface area contributed by atoms with Gasteiger partial charge < -0.3 is 9.73 Å². The number of aromatic amines is 1. The predicted molar refractivity (Wildman–Crippen MR) is 92.6 cm³/mol. The summed E-state index contributed by atoms with van der Waals surface area (Å²) in [5, 5.41) is 10.1. The summed E-state index contributed by atoms with van der Waals surface area (Å²) in [6, 6.07) is 11.5. The number of H-pyrrole nitrogens is 1. The van der Waals surface area contributed by atoms with Crippen LogP contribution < -0.4 is 5.32 Å². The van der Waals surface area contributed by atoms with Crippen molar-refractivity contribution >= 4 is 16.9 Å². The summed E-state index contributed by atoms with van der Waals surface area (Å²) in [6.45, 7) is 0. The molecule has 2 aromatic heterocycles. The molecule has 0 saturated heterocycles. The van der Waals surface area contributed by atoms with Crippen LogP contribution in [0.1, 0.15) is 10.4 Å². The van der Waals surface area contributed by atoms with Gasteiger partial charge in [-0.2, -0.15) is 5.10 Å². The number of nitrogens with zero attached hydrogens (tertiary/aromatic N) is 1. The Bertz CT molecular complexity index is 1050. The second kappa shape index (κ2) is 5.90. The van der Waals surface area contributed by atoms with Gasteiger partial charge >= 0.3 is 0 Å². The van der Waals surface area contributed by atoms with E-state index in [9.17, 15) is 9.18 Å². The number of benzene rings is 2. The van der Waals surface area contributed by atoms with Crippen molar-refractivity contribution in [1.82, 2.24) is 15.5 Å². The van der Waals surface area contributed by atoms with E-state index in [2.05, 4.69) is 15.5 Å². The quantitative estimate of drug-likeness (QED) is 0.595. The number of rotatable bonds is 3. The average Bonchev–Trinajstić information content (AvgIpc) is 3.29. The maximum Gasteiger partial charge on any atom is 0.255 e. The number of carbonyl (C=O) groups excluding carboxylic acids is 1. The smallest absolute Gasteiger partial charge is 0.255 e. The van der Waals surface area contributed by atoms with Crippen LogP contribution >= 0.6 is 0 Å². The van der Waals surface area contributed by atoms with E-state index in [-0.39, 0.29) is 11.7 Å². The van der Waals surface area contributed by atoms with Gasteiger partial charge in [0.2, 0.25) is 0 Å². The van der Waals surface area contributed by atoms with Gasteiger partial charge in [0.1, 0.15) is 17.2 Å². The lowest BCUT2D eigenvalue weighted by Gasteiger charge is -2.03. The number of amides is 1. The molecule has 0 spiro atoms. The van der Waals surface area contributed by atoms with Crippen molar-refractivity contribution in [3.05, 3.63) is 66.2 Å². The molecule has 6 heteroatoms. The summed E-state index contributed by atoms with van der Waals surface area (Å²) in [7, 11) is 1.57. The summed E-state index contributed by atoms with van der Waals surface area (Å²) in [4.78, 5) is 12.5. The van der Waals surface area contributed by atoms with Crippen LogP contribution in [0.15, 0.2) is 59.3 Å². The monoisotopic (exact) mass is 335 g/mol. The van der Waals surface area contributed by atoms with Gasteiger partial charge in [-0.05, 0) is 42.0 Å². The Morgan fingerprint density at radius 2 is 1.88 bits per heavy atom. The van der Waals surface area contributed by atoms with E-state index in [1.54, 1.807) is 31.6 Å². The Balaban J connectivity index is 1.96. The number of hydrogen-bond donors (Lipinski definition) is 2. The lowest BCUT2D eigenvalue weighted by molar-refractivity contribution is 0.0964.